The highest BCUT2D eigenvalue weighted by atomic mass is 35.5. The first-order chi connectivity index (χ1) is 13.4. The molecule has 2 fully saturated rings. The number of pyridine rings is 1. The van der Waals surface area contributed by atoms with E-state index in [0.29, 0.717) is 16.6 Å². The number of halogens is 1. The molecule has 5 nitrogen and oxygen atoms in total. The molecule has 1 amide bonds. The van der Waals surface area contributed by atoms with Crippen LogP contribution in [-0.2, 0) is 6.54 Å². The Morgan fingerprint density at radius 2 is 1.96 bits per heavy atom. The second-order valence-corrected chi connectivity index (χ2v) is 8.89. The van der Waals surface area contributed by atoms with Crippen LogP contribution in [0.4, 0.5) is 0 Å². The number of nitrogens with zero attached hydrogens (tertiary/aromatic N) is 4. The molecule has 0 N–H and O–H groups in total. The first-order valence-electron chi connectivity index (χ1n) is 9.85. The van der Waals surface area contributed by atoms with Crippen molar-refractivity contribution in [2.24, 2.45) is 0 Å². The molecule has 28 heavy (non-hydrogen) atoms. The van der Waals surface area contributed by atoms with E-state index >= 15 is 0 Å². The van der Waals surface area contributed by atoms with Gasteiger partial charge >= 0.3 is 0 Å². The number of benzene rings is 1. The fraction of sp³-hybridized carbons (Fsp3) is 0.455. The zero-order chi connectivity index (χ0) is 19.7. The number of amides is 1. The van der Waals surface area contributed by atoms with Crippen molar-refractivity contribution in [2.75, 3.05) is 32.7 Å². The van der Waals surface area contributed by atoms with E-state index < -0.39 is 0 Å². The van der Waals surface area contributed by atoms with E-state index in [9.17, 15) is 4.79 Å². The zero-order valence-electron chi connectivity index (χ0n) is 16.5. The molecule has 1 aromatic heterocycles. The van der Waals surface area contributed by atoms with Gasteiger partial charge in [0.15, 0.2) is 0 Å². The topological polar surface area (TPSA) is 39.7 Å². The fourth-order valence-electron chi connectivity index (χ4n) is 4.57. The van der Waals surface area contributed by atoms with Gasteiger partial charge in [0.25, 0.3) is 5.91 Å². The van der Waals surface area contributed by atoms with Gasteiger partial charge in [0, 0.05) is 73.8 Å². The molecule has 0 spiro atoms. The van der Waals surface area contributed by atoms with Gasteiger partial charge in [-0.25, -0.2) is 0 Å². The maximum atomic E-state index is 13.1. The van der Waals surface area contributed by atoms with Gasteiger partial charge < -0.3 is 4.90 Å². The van der Waals surface area contributed by atoms with Crippen LogP contribution in [0, 0.1) is 0 Å². The Morgan fingerprint density at radius 3 is 2.68 bits per heavy atom. The number of aromatic nitrogens is 1. The summed E-state index contributed by atoms with van der Waals surface area (Å²) >= 11 is 5.98. The Morgan fingerprint density at radius 1 is 1.18 bits per heavy atom. The molecule has 2 saturated heterocycles. The monoisotopic (exact) mass is 398 g/mol. The van der Waals surface area contributed by atoms with E-state index in [4.69, 9.17) is 11.6 Å². The minimum absolute atomic E-state index is 0.0363. The van der Waals surface area contributed by atoms with Crippen LogP contribution in [0.15, 0.2) is 48.8 Å². The Hall–Kier alpha value is -1.95. The van der Waals surface area contributed by atoms with Crippen LogP contribution < -0.4 is 0 Å². The first kappa shape index (κ1) is 19.4. The fourth-order valence-corrected chi connectivity index (χ4v) is 4.70. The Bertz CT molecular complexity index is 824. The van der Waals surface area contributed by atoms with Crippen molar-refractivity contribution in [3.8, 4) is 0 Å². The highest BCUT2D eigenvalue weighted by molar-refractivity contribution is 6.30. The van der Waals surface area contributed by atoms with Crippen molar-refractivity contribution < 1.29 is 4.79 Å². The summed E-state index contributed by atoms with van der Waals surface area (Å²) in [6.07, 6.45) is 3.75. The predicted octanol–water partition coefficient (Wildman–Crippen LogP) is 3.16. The molecule has 148 valence electrons. The summed E-state index contributed by atoms with van der Waals surface area (Å²) < 4.78 is 0. The lowest BCUT2D eigenvalue weighted by molar-refractivity contribution is -0.0577. The minimum Gasteiger partial charge on any atom is -0.335 e. The van der Waals surface area contributed by atoms with E-state index in [1.165, 1.54) is 5.56 Å². The quantitative estimate of drug-likeness (QED) is 0.796. The van der Waals surface area contributed by atoms with Crippen molar-refractivity contribution >= 4 is 17.5 Å². The molecular weight excluding hydrogens is 372 g/mol. The molecule has 0 bridgehead atoms. The molecule has 2 aliphatic heterocycles. The summed E-state index contributed by atoms with van der Waals surface area (Å²) in [4.78, 5) is 24.4. The zero-order valence-corrected chi connectivity index (χ0v) is 17.3. The van der Waals surface area contributed by atoms with Crippen molar-refractivity contribution in [3.05, 3.63) is 64.9 Å². The van der Waals surface area contributed by atoms with Crippen LogP contribution >= 0.6 is 11.6 Å². The Labute approximate surface area is 171 Å². The van der Waals surface area contributed by atoms with Gasteiger partial charge in [-0.1, -0.05) is 17.7 Å². The van der Waals surface area contributed by atoms with Crippen LogP contribution in [0.25, 0.3) is 0 Å². The van der Waals surface area contributed by atoms with Gasteiger partial charge in [-0.3, -0.25) is 19.6 Å². The molecule has 0 saturated carbocycles. The molecule has 3 heterocycles. The van der Waals surface area contributed by atoms with Gasteiger partial charge in [-0.2, -0.15) is 0 Å². The molecule has 1 atom stereocenters. The van der Waals surface area contributed by atoms with Crippen molar-refractivity contribution in [3.63, 3.8) is 0 Å². The van der Waals surface area contributed by atoms with E-state index in [1.54, 1.807) is 12.1 Å². The largest absolute Gasteiger partial charge is 0.335 e. The third-order valence-corrected chi connectivity index (χ3v) is 6.11. The van der Waals surface area contributed by atoms with Gasteiger partial charge in [0.05, 0.1) is 0 Å². The van der Waals surface area contributed by atoms with Crippen molar-refractivity contribution in [1.29, 1.82) is 0 Å². The third kappa shape index (κ3) is 4.07. The molecule has 1 aromatic carbocycles. The van der Waals surface area contributed by atoms with Crippen LogP contribution in [0.3, 0.4) is 0 Å². The second-order valence-electron chi connectivity index (χ2n) is 8.45. The minimum atomic E-state index is -0.0363. The van der Waals surface area contributed by atoms with E-state index in [2.05, 4.69) is 34.7 Å². The first-order valence-corrected chi connectivity index (χ1v) is 10.2. The summed E-state index contributed by atoms with van der Waals surface area (Å²) in [5, 5.41) is 0.653. The van der Waals surface area contributed by atoms with Crippen molar-refractivity contribution in [1.82, 2.24) is 19.7 Å². The highest BCUT2D eigenvalue weighted by Gasteiger charge is 2.43. The summed E-state index contributed by atoms with van der Waals surface area (Å²) in [5.74, 6) is 0.0915. The van der Waals surface area contributed by atoms with Gasteiger partial charge in [0.2, 0.25) is 0 Å². The molecular formula is C22H27ClN4O. The van der Waals surface area contributed by atoms with Gasteiger partial charge in [0.1, 0.15) is 0 Å². The number of hydrogen-bond acceptors (Lipinski definition) is 4. The van der Waals surface area contributed by atoms with Crippen LogP contribution in [0.2, 0.25) is 5.02 Å². The van der Waals surface area contributed by atoms with E-state index in [0.717, 1.165) is 39.3 Å². The molecule has 6 heteroatoms. The summed E-state index contributed by atoms with van der Waals surface area (Å²) in [6.45, 7) is 9.94. The molecule has 2 aliphatic rings. The summed E-state index contributed by atoms with van der Waals surface area (Å²) in [6, 6.07) is 11.7. The lowest BCUT2D eigenvalue weighted by Crippen LogP contribution is -2.70. The molecule has 1 unspecified atom stereocenters. The van der Waals surface area contributed by atoms with Crippen LogP contribution in [0.1, 0.15) is 29.8 Å². The maximum Gasteiger partial charge on any atom is 0.253 e. The number of hydrogen-bond donors (Lipinski definition) is 0. The number of rotatable bonds is 3. The third-order valence-electron chi connectivity index (χ3n) is 5.86. The summed E-state index contributed by atoms with van der Waals surface area (Å²) in [7, 11) is 0. The lowest BCUT2D eigenvalue weighted by atomic mass is 9.92. The van der Waals surface area contributed by atoms with Crippen molar-refractivity contribution in [2.45, 2.75) is 32.0 Å². The highest BCUT2D eigenvalue weighted by Crippen LogP contribution is 2.29. The number of fused-ring (bicyclic) bond motifs is 1. The smallest absolute Gasteiger partial charge is 0.253 e. The van der Waals surface area contributed by atoms with Crippen LogP contribution in [0.5, 0.6) is 0 Å². The standard InChI is InChI=1S/C22H27ClN4O/c1-22(2)16-26(21(28)18-5-7-19(23)8-6-18)15-20-14-25(10-11-27(20)22)13-17-4-3-9-24-12-17/h3-9,12,20H,10-11,13-16H2,1-2H3. The number of carbonyl (C=O) groups is 1. The SMILES string of the molecule is CC1(C)CN(C(=O)c2ccc(Cl)cc2)CC2CN(Cc3cccnc3)CCN21. The normalized spacial score (nSPS) is 22.7. The van der Waals surface area contributed by atoms with Crippen LogP contribution in [-0.4, -0.2) is 69.9 Å². The lowest BCUT2D eigenvalue weighted by Gasteiger charge is -2.55. The molecule has 4 rings (SSSR count). The molecule has 0 radical (unpaired) electrons. The van der Waals surface area contributed by atoms with Gasteiger partial charge in [-0.05, 0) is 49.7 Å². The van der Waals surface area contributed by atoms with Gasteiger partial charge in [-0.15, -0.1) is 0 Å². The predicted molar refractivity (Wildman–Crippen MR) is 111 cm³/mol. The average molecular weight is 399 g/mol. The average Bonchev–Trinajstić information content (AvgIpc) is 2.68. The Kier molecular flexibility index (Phi) is 5.41. The maximum absolute atomic E-state index is 13.1. The number of piperazine rings is 2. The van der Waals surface area contributed by atoms with E-state index in [-0.39, 0.29) is 11.4 Å². The second kappa shape index (κ2) is 7.82. The Balaban J connectivity index is 1.48. The number of carbonyl (C=O) groups excluding carboxylic acids is 1. The summed E-state index contributed by atoms with van der Waals surface area (Å²) in [5.41, 5.74) is 1.91. The molecule has 0 aliphatic carbocycles. The van der Waals surface area contributed by atoms with E-state index in [1.807, 2.05) is 35.5 Å². The molecule has 2 aromatic rings.